The summed E-state index contributed by atoms with van der Waals surface area (Å²) in [4.78, 5) is 24.8. The van der Waals surface area contributed by atoms with E-state index in [1.807, 2.05) is 11.8 Å². The van der Waals surface area contributed by atoms with Crippen LogP contribution in [0, 0.1) is 6.92 Å². The quantitative estimate of drug-likeness (QED) is 0.389. The Kier molecular flexibility index (Phi) is 9.04. The summed E-state index contributed by atoms with van der Waals surface area (Å²) in [7, 11) is 0. The molecule has 37 heavy (non-hydrogen) atoms. The number of nitrogens with zero attached hydrogens (tertiary/aromatic N) is 4. The number of urea groups is 1. The molecule has 2 heterocycles. The Morgan fingerprint density at radius 2 is 1.76 bits per heavy atom. The highest BCUT2D eigenvalue weighted by Crippen LogP contribution is 2.27. The minimum absolute atomic E-state index is 0.00392. The lowest BCUT2D eigenvalue weighted by Gasteiger charge is -2.36. The Morgan fingerprint density at radius 3 is 2.49 bits per heavy atom. The van der Waals surface area contributed by atoms with Crippen molar-refractivity contribution in [1.29, 1.82) is 0 Å². The molecule has 2 atom stereocenters. The molecule has 0 aliphatic carbocycles. The Bertz CT molecular complexity index is 1190. The van der Waals surface area contributed by atoms with Crippen molar-refractivity contribution in [2.75, 3.05) is 42.5 Å². The van der Waals surface area contributed by atoms with E-state index in [1.165, 1.54) is 16.6 Å². The van der Waals surface area contributed by atoms with E-state index >= 15 is 0 Å². The number of rotatable bonds is 9. The molecule has 1 aromatic heterocycles. The Hall–Kier alpha value is -3.12. The van der Waals surface area contributed by atoms with Crippen molar-refractivity contribution < 1.29 is 4.79 Å². The molecular formula is C31H43N5O. The smallest absolute Gasteiger partial charge is 0.322 e. The first-order chi connectivity index (χ1) is 17.9. The number of anilines is 2. The number of piperazine rings is 1. The largest absolute Gasteiger partial charge is 0.368 e. The molecule has 1 N–H and O–H groups in total. The van der Waals surface area contributed by atoms with Crippen molar-refractivity contribution in [3.8, 4) is 0 Å². The van der Waals surface area contributed by atoms with Crippen LogP contribution in [-0.2, 0) is 6.42 Å². The fourth-order valence-corrected chi connectivity index (χ4v) is 5.01. The normalized spacial score (nSPS) is 16.0. The lowest BCUT2D eigenvalue weighted by atomic mass is 10.1. The van der Waals surface area contributed by atoms with Crippen LogP contribution >= 0.6 is 0 Å². The first-order valence-electron chi connectivity index (χ1n) is 13.9. The number of pyridine rings is 1. The third-order valence-electron chi connectivity index (χ3n) is 7.70. The van der Waals surface area contributed by atoms with E-state index < -0.39 is 0 Å². The van der Waals surface area contributed by atoms with E-state index in [-0.39, 0.29) is 18.1 Å². The van der Waals surface area contributed by atoms with Gasteiger partial charge in [0, 0.05) is 67.3 Å². The van der Waals surface area contributed by atoms with E-state index in [0.29, 0.717) is 0 Å². The number of benzene rings is 2. The molecule has 2 aromatic carbocycles. The van der Waals surface area contributed by atoms with Crippen LogP contribution in [0.25, 0.3) is 10.9 Å². The van der Waals surface area contributed by atoms with E-state index in [0.717, 1.165) is 68.9 Å². The van der Waals surface area contributed by atoms with Crippen LogP contribution in [-0.4, -0.2) is 60.7 Å². The molecule has 2 unspecified atom stereocenters. The average molecular weight is 502 g/mol. The predicted octanol–water partition coefficient (Wildman–Crippen LogP) is 6.02. The lowest BCUT2D eigenvalue weighted by molar-refractivity contribution is 0.241. The predicted molar refractivity (Wildman–Crippen MR) is 156 cm³/mol. The number of carbonyl (C=O) groups is 1. The number of carbonyl (C=O) groups excluding carboxylic acids is 1. The van der Waals surface area contributed by atoms with E-state index in [4.69, 9.17) is 4.98 Å². The fraction of sp³-hybridized carbons (Fsp3) is 0.484. The summed E-state index contributed by atoms with van der Waals surface area (Å²) >= 11 is 0. The summed E-state index contributed by atoms with van der Waals surface area (Å²) in [5.74, 6) is 0. The van der Waals surface area contributed by atoms with Crippen LogP contribution in [0.15, 0.2) is 54.6 Å². The summed E-state index contributed by atoms with van der Waals surface area (Å²) in [6, 6.07) is 19.6. The van der Waals surface area contributed by atoms with Crippen molar-refractivity contribution >= 4 is 28.3 Å². The monoisotopic (exact) mass is 501 g/mol. The fourth-order valence-electron chi connectivity index (χ4n) is 5.01. The average Bonchev–Trinajstić information content (AvgIpc) is 2.91. The van der Waals surface area contributed by atoms with Crippen LogP contribution in [0.5, 0.6) is 0 Å². The van der Waals surface area contributed by atoms with Gasteiger partial charge < -0.3 is 10.2 Å². The Morgan fingerprint density at radius 1 is 1.00 bits per heavy atom. The number of aromatic nitrogens is 1. The van der Waals surface area contributed by atoms with E-state index in [1.54, 1.807) is 0 Å². The summed E-state index contributed by atoms with van der Waals surface area (Å²) in [6.45, 7) is 15.6. The van der Waals surface area contributed by atoms with Gasteiger partial charge in [0.15, 0.2) is 0 Å². The maximum atomic E-state index is 13.1. The highest BCUT2D eigenvalue weighted by Gasteiger charge is 2.23. The molecule has 0 radical (unpaired) electrons. The third kappa shape index (κ3) is 6.61. The van der Waals surface area contributed by atoms with E-state index in [9.17, 15) is 4.79 Å². The molecule has 3 aromatic rings. The van der Waals surface area contributed by atoms with Gasteiger partial charge in [-0.05, 0) is 82.0 Å². The molecule has 0 bridgehead atoms. The Balaban J connectivity index is 1.37. The zero-order valence-corrected chi connectivity index (χ0v) is 23.2. The number of hydrogen-bond acceptors (Lipinski definition) is 4. The molecule has 0 spiro atoms. The SMILES string of the molecule is CCC(C)NC(=O)N(c1cccc(CCN2CCN(c3cccc4nc(C)ccc34)CC2)c1)C(C)CC. The van der Waals surface area contributed by atoms with E-state index in [2.05, 4.69) is 97.4 Å². The van der Waals surface area contributed by atoms with Gasteiger partial charge in [-0.1, -0.05) is 32.0 Å². The Labute approximate surface area is 222 Å². The van der Waals surface area contributed by atoms with Gasteiger partial charge in [0.05, 0.1) is 5.52 Å². The second-order valence-electron chi connectivity index (χ2n) is 10.4. The minimum atomic E-state index is -0.00392. The number of nitrogens with one attached hydrogen (secondary N) is 1. The van der Waals surface area contributed by atoms with Crippen LogP contribution in [0.3, 0.4) is 0 Å². The molecule has 6 nitrogen and oxygen atoms in total. The van der Waals surface area contributed by atoms with Crippen molar-refractivity contribution in [2.24, 2.45) is 0 Å². The molecule has 2 amide bonds. The zero-order chi connectivity index (χ0) is 26.4. The molecule has 6 heteroatoms. The van der Waals surface area contributed by atoms with Crippen molar-refractivity contribution in [1.82, 2.24) is 15.2 Å². The lowest BCUT2D eigenvalue weighted by Crippen LogP contribution is -2.48. The van der Waals surface area contributed by atoms with Gasteiger partial charge in [0.1, 0.15) is 0 Å². The minimum Gasteiger partial charge on any atom is -0.368 e. The summed E-state index contributed by atoms with van der Waals surface area (Å²) in [6.07, 6.45) is 2.81. The maximum Gasteiger partial charge on any atom is 0.322 e. The van der Waals surface area contributed by atoms with Gasteiger partial charge in [-0.15, -0.1) is 0 Å². The second kappa shape index (κ2) is 12.4. The number of aryl methyl sites for hydroxylation is 1. The molecule has 1 aliphatic rings. The summed E-state index contributed by atoms with van der Waals surface area (Å²) < 4.78 is 0. The van der Waals surface area contributed by atoms with Gasteiger partial charge in [0.2, 0.25) is 0 Å². The van der Waals surface area contributed by atoms with Crippen LogP contribution in [0.4, 0.5) is 16.2 Å². The van der Waals surface area contributed by atoms with Gasteiger partial charge >= 0.3 is 6.03 Å². The molecule has 1 saturated heterocycles. The highest BCUT2D eigenvalue weighted by molar-refractivity contribution is 5.93. The molecule has 1 aliphatic heterocycles. The van der Waals surface area contributed by atoms with Crippen molar-refractivity contribution in [2.45, 2.75) is 66.0 Å². The molecular weight excluding hydrogens is 458 g/mol. The molecule has 198 valence electrons. The van der Waals surface area contributed by atoms with Crippen molar-refractivity contribution in [3.63, 3.8) is 0 Å². The molecule has 0 saturated carbocycles. The van der Waals surface area contributed by atoms with Crippen molar-refractivity contribution in [3.05, 3.63) is 65.9 Å². The highest BCUT2D eigenvalue weighted by atomic mass is 16.2. The second-order valence-corrected chi connectivity index (χ2v) is 10.4. The first-order valence-corrected chi connectivity index (χ1v) is 13.9. The molecule has 4 rings (SSSR count). The number of hydrogen-bond donors (Lipinski definition) is 1. The maximum absolute atomic E-state index is 13.1. The third-order valence-corrected chi connectivity index (χ3v) is 7.70. The van der Waals surface area contributed by atoms with Gasteiger partial charge in [-0.3, -0.25) is 14.8 Å². The molecule has 1 fully saturated rings. The van der Waals surface area contributed by atoms with Gasteiger partial charge in [-0.25, -0.2) is 4.79 Å². The van der Waals surface area contributed by atoms with Gasteiger partial charge in [0.25, 0.3) is 0 Å². The number of amides is 2. The summed E-state index contributed by atoms with van der Waals surface area (Å²) in [5, 5.41) is 4.39. The zero-order valence-electron chi connectivity index (χ0n) is 23.2. The standard InChI is InChI=1S/C31H43N5O/c1-6-23(3)33-31(37)36(25(5)7-2)27-11-8-10-26(22-27)16-17-34-18-20-35(21-19-34)30-13-9-12-29-28(30)15-14-24(4)32-29/h8-15,22-23,25H,6-7,16-21H2,1-5H3,(H,33,37). The summed E-state index contributed by atoms with van der Waals surface area (Å²) in [5.41, 5.74) is 5.68. The topological polar surface area (TPSA) is 51.7 Å². The van der Waals surface area contributed by atoms with Crippen LogP contribution < -0.4 is 15.1 Å². The number of fused-ring (bicyclic) bond motifs is 1. The van der Waals surface area contributed by atoms with Crippen LogP contribution in [0.2, 0.25) is 0 Å². The van der Waals surface area contributed by atoms with Gasteiger partial charge in [-0.2, -0.15) is 0 Å². The van der Waals surface area contributed by atoms with Crippen LogP contribution in [0.1, 0.15) is 51.8 Å². The first kappa shape index (κ1) is 26.9.